The van der Waals surface area contributed by atoms with Crippen molar-refractivity contribution in [2.24, 2.45) is 4.99 Å². The quantitative estimate of drug-likeness (QED) is 0.499. The maximum Gasteiger partial charge on any atom is 0.449 e. The zero-order chi connectivity index (χ0) is 17.1. The van der Waals surface area contributed by atoms with E-state index in [4.69, 9.17) is 11.6 Å². The van der Waals surface area contributed by atoms with Crippen LogP contribution in [0.4, 0.5) is 32.0 Å². The Morgan fingerprint density at radius 1 is 1.27 bits per heavy atom. The lowest BCUT2D eigenvalue weighted by Crippen LogP contribution is -2.30. The Hall–Kier alpha value is -1.29. The van der Waals surface area contributed by atoms with Crippen molar-refractivity contribution in [3.63, 3.8) is 0 Å². The van der Waals surface area contributed by atoms with E-state index < -0.39 is 39.6 Å². The van der Waals surface area contributed by atoms with Gasteiger partial charge in [-0.25, -0.2) is 0 Å². The molecule has 0 radical (unpaired) electrons. The van der Waals surface area contributed by atoms with Gasteiger partial charge in [0.15, 0.2) is 0 Å². The molecule has 0 saturated carbocycles. The Bertz CT molecular complexity index is 599. The predicted octanol–water partition coefficient (Wildman–Crippen LogP) is 4.01. The van der Waals surface area contributed by atoms with Gasteiger partial charge in [0.05, 0.1) is 20.7 Å². The number of hydrogen-bond acceptors (Lipinski definition) is 2. The molecule has 3 nitrogen and oxygen atoms in total. The minimum absolute atomic E-state index is 0.229. The monoisotopic (exact) mass is 366 g/mol. The fourth-order valence-electron chi connectivity index (χ4n) is 1.37. The lowest BCUT2D eigenvalue weighted by molar-refractivity contribution is -0.105. The molecule has 0 fully saturated rings. The summed E-state index contributed by atoms with van der Waals surface area (Å²) in [6.45, 7) is 0. The molecular weight excluding hydrogens is 358 g/mol. The molecule has 1 rings (SSSR count). The maximum atomic E-state index is 12.5. The summed E-state index contributed by atoms with van der Waals surface area (Å²) in [6, 6.07) is 3.02. The third-order valence-electron chi connectivity index (χ3n) is 2.23. The van der Waals surface area contributed by atoms with Crippen LogP contribution in [0.25, 0.3) is 0 Å². The normalized spacial score (nSPS) is 14.8. The number of anilines is 1. The average Bonchev–Trinajstić information content (AvgIpc) is 2.33. The SMILES string of the molecule is CN=C(Nc1ccc(Cl)c(S(=O)CC(F)(F)F)c1)C(F)(F)F. The van der Waals surface area contributed by atoms with Gasteiger partial charge < -0.3 is 5.32 Å². The summed E-state index contributed by atoms with van der Waals surface area (Å²) in [7, 11) is -1.63. The first-order valence-electron chi connectivity index (χ1n) is 5.49. The second-order valence-electron chi connectivity index (χ2n) is 3.95. The van der Waals surface area contributed by atoms with E-state index in [1.165, 1.54) is 0 Å². The molecule has 0 bridgehead atoms. The molecule has 0 heterocycles. The van der Waals surface area contributed by atoms with Gasteiger partial charge in [0.25, 0.3) is 0 Å². The fourth-order valence-corrected chi connectivity index (χ4v) is 2.74. The van der Waals surface area contributed by atoms with Crippen molar-refractivity contribution < 1.29 is 30.6 Å². The summed E-state index contributed by atoms with van der Waals surface area (Å²) in [5, 5.41) is 1.66. The van der Waals surface area contributed by atoms with Gasteiger partial charge in [-0.2, -0.15) is 26.3 Å². The summed E-state index contributed by atoms with van der Waals surface area (Å²) < 4.78 is 85.9. The summed E-state index contributed by atoms with van der Waals surface area (Å²) in [5.41, 5.74) is -0.229. The van der Waals surface area contributed by atoms with Crippen LogP contribution in [0.15, 0.2) is 28.1 Å². The number of nitrogens with zero attached hydrogens (tertiary/aromatic N) is 1. The molecule has 0 saturated heterocycles. The number of hydrogen-bond donors (Lipinski definition) is 1. The van der Waals surface area contributed by atoms with Crippen LogP contribution >= 0.6 is 11.6 Å². The van der Waals surface area contributed by atoms with Crippen molar-refractivity contribution in [1.29, 1.82) is 0 Å². The summed E-state index contributed by atoms with van der Waals surface area (Å²) >= 11 is 5.64. The van der Waals surface area contributed by atoms with Gasteiger partial charge in [-0.3, -0.25) is 9.20 Å². The molecule has 0 aromatic heterocycles. The Balaban J connectivity index is 3.07. The second kappa shape index (κ2) is 6.86. The van der Waals surface area contributed by atoms with Crippen LogP contribution in [0.3, 0.4) is 0 Å². The molecule has 0 amide bonds. The molecule has 1 atom stereocenters. The molecule has 1 unspecified atom stereocenters. The van der Waals surface area contributed by atoms with Crippen LogP contribution in [0.5, 0.6) is 0 Å². The third kappa shape index (κ3) is 5.48. The number of benzene rings is 1. The Morgan fingerprint density at radius 2 is 1.86 bits per heavy atom. The van der Waals surface area contributed by atoms with Crippen LogP contribution in [0.2, 0.25) is 5.02 Å². The van der Waals surface area contributed by atoms with Gasteiger partial charge in [-0.05, 0) is 18.2 Å². The standard InChI is InChI=1S/C11H9ClF6N2OS/c1-19-9(11(16,17)18)20-6-2-3-7(12)8(4-6)22(21)5-10(13,14)15/h2-4H,5H2,1H3,(H,19,20). The van der Waals surface area contributed by atoms with Crippen molar-refractivity contribution in [3.05, 3.63) is 23.2 Å². The minimum Gasteiger partial charge on any atom is -0.336 e. The van der Waals surface area contributed by atoms with E-state index in [1.807, 2.05) is 5.32 Å². The molecule has 1 aromatic rings. The molecule has 0 spiro atoms. The maximum absolute atomic E-state index is 12.5. The van der Waals surface area contributed by atoms with Gasteiger partial charge >= 0.3 is 12.4 Å². The predicted molar refractivity (Wildman–Crippen MR) is 71.8 cm³/mol. The lowest BCUT2D eigenvalue weighted by atomic mass is 10.3. The molecule has 22 heavy (non-hydrogen) atoms. The zero-order valence-electron chi connectivity index (χ0n) is 10.8. The Kier molecular flexibility index (Phi) is 5.85. The molecule has 0 aliphatic heterocycles. The number of nitrogens with one attached hydrogen (secondary N) is 1. The van der Waals surface area contributed by atoms with Crippen LogP contribution < -0.4 is 5.32 Å². The van der Waals surface area contributed by atoms with Crippen LogP contribution in [0, 0.1) is 0 Å². The molecular formula is C11H9ClF6N2OS. The topological polar surface area (TPSA) is 41.5 Å². The largest absolute Gasteiger partial charge is 0.449 e. The van der Waals surface area contributed by atoms with Crippen molar-refractivity contribution in [1.82, 2.24) is 0 Å². The van der Waals surface area contributed by atoms with Crippen molar-refractivity contribution >= 4 is 33.9 Å². The number of alkyl halides is 6. The molecule has 0 aliphatic carbocycles. The van der Waals surface area contributed by atoms with Gasteiger partial charge in [-0.1, -0.05) is 11.6 Å². The van der Waals surface area contributed by atoms with E-state index in [0.717, 1.165) is 25.2 Å². The van der Waals surface area contributed by atoms with E-state index in [2.05, 4.69) is 4.99 Å². The summed E-state index contributed by atoms with van der Waals surface area (Å²) in [6.07, 6.45) is -9.46. The average molecular weight is 367 g/mol. The van der Waals surface area contributed by atoms with E-state index in [-0.39, 0.29) is 10.7 Å². The fraction of sp³-hybridized carbons (Fsp3) is 0.364. The molecule has 124 valence electrons. The summed E-state index contributed by atoms with van der Waals surface area (Å²) in [5.74, 6) is -2.99. The van der Waals surface area contributed by atoms with Crippen molar-refractivity contribution in [3.8, 4) is 0 Å². The van der Waals surface area contributed by atoms with Crippen LogP contribution in [-0.2, 0) is 10.8 Å². The van der Waals surface area contributed by atoms with E-state index in [0.29, 0.717) is 0 Å². The number of rotatable bonds is 3. The highest BCUT2D eigenvalue weighted by molar-refractivity contribution is 7.85. The first-order chi connectivity index (χ1) is 9.94. The third-order valence-corrected chi connectivity index (χ3v) is 4.09. The van der Waals surface area contributed by atoms with Gasteiger partial charge in [-0.15, -0.1) is 0 Å². The van der Waals surface area contributed by atoms with Gasteiger partial charge in [0.2, 0.25) is 5.84 Å². The lowest BCUT2D eigenvalue weighted by Gasteiger charge is -2.14. The minimum atomic E-state index is -4.76. The first-order valence-corrected chi connectivity index (χ1v) is 7.19. The van der Waals surface area contributed by atoms with Crippen LogP contribution in [0.1, 0.15) is 0 Å². The van der Waals surface area contributed by atoms with E-state index in [9.17, 15) is 30.6 Å². The number of amidine groups is 1. The summed E-state index contributed by atoms with van der Waals surface area (Å²) in [4.78, 5) is 2.59. The second-order valence-corrected chi connectivity index (χ2v) is 5.77. The highest BCUT2D eigenvalue weighted by Crippen LogP contribution is 2.28. The molecule has 1 N–H and O–H groups in total. The van der Waals surface area contributed by atoms with Crippen LogP contribution in [-0.4, -0.2) is 35.2 Å². The molecule has 0 aliphatic rings. The Morgan fingerprint density at radius 3 is 2.32 bits per heavy atom. The van der Waals surface area contributed by atoms with E-state index >= 15 is 0 Å². The first kappa shape index (κ1) is 18.8. The van der Waals surface area contributed by atoms with Gasteiger partial charge in [0.1, 0.15) is 5.75 Å². The highest BCUT2D eigenvalue weighted by Gasteiger charge is 2.36. The zero-order valence-corrected chi connectivity index (χ0v) is 12.4. The van der Waals surface area contributed by atoms with Crippen molar-refractivity contribution in [2.45, 2.75) is 17.2 Å². The number of halogens is 7. The molecule has 1 aromatic carbocycles. The highest BCUT2D eigenvalue weighted by atomic mass is 35.5. The Labute approximate surface area is 128 Å². The van der Waals surface area contributed by atoms with E-state index in [1.54, 1.807) is 0 Å². The van der Waals surface area contributed by atoms with Gasteiger partial charge in [0, 0.05) is 12.7 Å². The smallest absolute Gasteiger partial charge is 0.336 e. The van der Waals surface area contributed by atoms with Crippen molar-refractivity contribution in [2.75, 3.05) is 18.1 Å². The molecule has 11 heteroatoms. The number of aliphatic imine (C=N–C) groups is 1.